The molecule has 0 saturated carbocycles. The lowest BCUT2D eigenvalue weighted by atomic mass is 10.2. The number of benzene rings is 1. The van der Waals surface area contributed by atoms with Crippen molar-refractivity contribution in [3.8, 4) is 5.75 Å². The van der Waals surface area contributed by atoms with Crippen molar-refractivity contribution in [2.45, 2.75) is 33.1 Å². The predicted octanol–water partition coefficient (Wildman–Crippen LogP) is 2.96. The van der Waals surface area contributed by atoms with Gasteiger partial charge in [0.15, 0.2) is 0 Å². The van der Waals surface area contributed by atoms with E-state index in [0.29, 0.717) is 18.8 Å². The predicted molar refractivity (Wildman–Crippen MR) is 67.6 cm³/mol. The second kappa shape index (κ2) is 7.48. The maximum Gasteiger partial charge on any atom is 0.349 e. The van der Waals surface area contributed by atoms with E-state index in [0.717, 1.165) is 6.42 Å². The van der Waals surface area contributed by atoms with Crippen molar-refractivity contribution in [3.63, 3.8) is 0 Å². The number of para-hydroxylation sites is 1. The first-order valence-corrected chi connectivity index (χ1v) is 6.15. The first kappa shape index (κ1) is 14.2. The number of carbonyl (C=O) groups is 2. The molecule has 18 heavy (non-hydrogen) atoms. The lowest BCUT2D eigenvalue weighted by molar-refractivity contribution is -0.137. The summed E-state index contributed by atoms with van der Waals surface area (Å²) in [6, 6.07) is 6.76. The van der Waals surface area contributed by atoms with E-state index in [1.54, 1.807) is 24.3 Å². The van der Waals surface area contributed by atoms with Gasteiger partial charge in [-0.3, -0.25) is 4.79 Å². The van der Waals surface area contributed by atoms with Crippen LogP contribution in [0.1, 0.15) is 43.5 Å². The third-order valence-corrected chi connectivity index (χ3v) is 2.23. The molecule has 0 unspecified atom stereocenters. The summed E-state index contributed by atoms with van der Waals surface area (Å²) >= 11 is 0. The van der Waals surface area contributed by atoms with Gasteiger partial charge in [-0.05, 0) is 25.0 Å². The van der Waals surface area contributed by atoms with Gasteiger partial charge in [-0.15, -0.1) is 0 Å². The number of hydrogen-bond donors (Lipinski definition) is 0. The van der Waals surface area contributed by atoms with Crippen LogP contribution in [0.5, 0.6) is 5.75 Å². The van der Waals surface area contributed by atoms with Crippen molar-refractivity contribution in [1.29, 1.82) is 0 Å². The summed E-state index contributed by atoms with van der Waals surface area (Å²) < 4.78 is 10.2. The zero-order valence-electron chi connectivity index (χ0n) is 10.8. The molecular formula is C14H18O4. The Morgan fingerprint density at radius 3 is 2.50 bits per heavy atom. The van der Waals surface area contributed by atoms with E-state index in [4.69, 9.17) is 9.47 Å². The van der Waals surface area contributed by atoms with E-state index >= 15 is 0 Å². The molecule has 1 aromatic rings. The molecule has 0 bridgehead atoms. The highest BCUT2D eigenvalue weighted by atomic mass is 16.6. The van der Waals surface area contributed by atoms with Gasteiger partial charge in [-0.25, -0.2) is 4.79 Å². The number of esters is 2. The highest BCUT2D eigenvalue weighted by Crippen LogP contribution is 2.19. The molecular weight excluding hydrogens is 232 g/mol. The minimum atomic E-state index is -0.653. The van der Waals surface area contributed by atoms with Crippen LogP contribution >= 0.6 is 0 Å². The summed E-state index contributed by atoms with van der Waals surface area (Å²) in [5.74, 6) is -0.707. The maximum atomic E-state index is 11.8. The molecule has 0 heterocycles. The lowest BCUT2D eigenvalue weighted by Crippen LogP contribution is -2.13. The third-order valence-electron chi connectivity index (χ3n) is 2.23. The topological polar surface area (TPSA) is 52.6 Å². The Bertz CT molecular complexity index is 412. The smallest absolute Gasteiger partial charge is 0.349 e. The molecule has 0 amide bonds. The van der Waals surface area contributed by atoms with Crippen LogP contribution in [-0.4, -0.2) is 18.5 Å². The Hall–Kier alpha value is -1.84. The number of ether oxygens (including phenoxy) is 2. The van der Waals surface area contributed by atoms with Crippen LogP contribution in [-0.2, 0) is 9.53 Å². The van der Waals surface area contributed by atoms with Crippen LogP contribution < -0.4 is 4.74 Å². The number of rotatable bonds is 6. The fourth-order valence-electron chi connectivity index (χ4n) is 1.39. The number of carbonyl (C=O) groups excluding carboxylic acids is 2. The van der Waals surface area contributed by atoms with Crippen LogP contribution in [0.4, 0.5) is 0 Å². The average molecular weight is 250 g/mol. The second-order valence-corrected chi connectivity index (χ2v) is 3.86. The van der Waals surface area contributed by atoms with Gasteiger partial charge in [0, 0.05) is 6.42 Å². The van der Waals surface area contributed by atoms with Gasteiger partial charge in [-0.2, -0.15) is 0 Å². The quantitative estimate of drug-likeness (QED) is 0.575. The second-order valence-electron chi connectivity index (χ2n) is 3.86. The largest absolute Gasteiger partial charge is 0.493 e. The fourth-order valence-corrected chi connectivity index (χ4v) is 1.39. The van der Waals surface area contributed by atoms with E-state index in [1.165, 1.54) is 0 Å². The summed E-state index contributed by atoms with van der Waals surface area (Å²) in [5, 5.41) is 0. The Labute approximate surface area is 107 Å². The van der Waals surface area contributed by atoms with Crippen LogP contribution in [0.3, 0.4) is 0 Å². The molecule has 0 aromatic heterocycles. The Kier molecular flexibility index (Phi) is 5.91. The van der Waals surface area contributed by atoms with Crippen molar-refractivity contribution in [3.05, 3.63) is 29.8 Å². The molecule has 1 rings (SSSR count). The first-order chi connectivity index (χ1) is 8.69. The SMILES string of the molecule is CCCOc1ccccc1C(=O)OC(=O)CCC. The summed E-state index contributed by atoms with van der Waals surface area (Å²) in [4.78, 5) is 23.1. The van der Waals surface area contributed by atoms with Crippen molar-refractivity contribution >= 4 is 11.9 Å². The highest BCUT2D eigenvalue weighted by molar-refractivity contribution is 5.98. The van der Waals surface area contributed by atoms with E-state index in [-0.39, 0.29) is 12.0 Å². The summed E-state index contributed by atoms with van der Waals surface area (Å²) in [5.41, 5.74) is 0.287. The molecule has 0 N–H and O–H groups in total. The Balaban J connectivity index is 2.75. The molecule has 0 spiro atoms. The highest BCUT2D eigenvalue weighted by Gasteiger charge is 2.16. The molecule has 0 fully saturated rings. The molecule has 1 aromatic carbocycles. The van der Waals surface area contributed by atoms with Crippen molar-refractivity contribution in [2.24, 2.45) is 0 Å². The molecule has 4 heteroatoms. The minimum absolute atomic E-state index is 0.240. The van der Waals surface area contributed by atoms with Crippen LogP contribution in [0, 0.1) is 0 Å². The van der Waals surface area contributed by atoms with Gasteiger partial charge < -0.3 is 9.47 Å². The zero-order valence-corrected chi connectivity index (χ0v) is 10.8. The maximum absolute atomic E-state index is 11.8. The summed E-state index contributed by atoms with van der Waals surface area (Å²) in [6.07, 6.45) is 1.74. The van der Waals surface area contributed by atoms with Crippen LogP contribution in [0.2, 0.25) is 0 Å². The van der Waals surface area contributed by atoms with Gasteiger partial charge in [0.1, 0.15) is 11.3 Å². The van der Waals surface area contributed by atoms with E-state index in [2.05, 4.69) is 0 Å². The Morgan fingerprint density at radius 2 is 1.83 bits per heavy atom. The van der Waals surface area contributed by atoms with Crippen molar-refractivity contribution in [2.75, 3.05) is 6.61 Å². The van der Waals surface area contributed by atoms with Gasteiger partial charge in [0.2, 0.25) is 0 Å². The fraction of sp³-hybridized carbons (Fsp3) is 0.429. The number of hydrogen-bond acceptors (Lipinski definition) is 4. The molecule has 4 nitrogen and oxygen atoms in total. The molecule has 0 saturated heterocycles. The molecule has 0 atom stereocenters. The normalized spacial score (nSPS) is 9.89. The zero-order chi connectivity index (χ0) is 13.4. The molecule has 98 valence electrons. The average Bonchev–Trinajstić information content (AvgIpc) is 2.36. The summed E-state index contributed by atoms with van der Waals surface area (Å²) in [7, 11) is 0. The van der Waals surface area contributed by atoms with Crippen molar-refractivity contribution < 1.29 is 19.1 Å². The van der Waals surface area contributed by atoms with E-state index < -0.39 is 11.9 Å². The standard InChI is InChI=1S/C14H18O4/c1-3-7-13(15)18-14(16)11-8-5-6-9-12(11)17-10-4-2/h5-6,8-9H,3-4,7,10H2,1-2H3. The Morgan fingerprint density at radius 1 is 1.11 bits per heavy atom. The van der Waals surface area contributed by atoms with E-state index in [9.17, 15) is 9.59 Å². The van der Waals surface area contributed by atoms with Crippen LogP contribution in [0.15, 0.2) is 24.3 Å². The van der Waals surface area contributed by atoms with Gasteiger partial charge in [0.25, 0.3) is 0 Å². The third kappa shape index (κ3) is 4.20. The lowest BCUT2D eigenvalue weighted by Gasteiger charge is -2.09. The van der Waals surface area contributed by atoms with Crippen LogP contribution in [0.25, 0.3) is 0 Å². The molecule has 0 aliphatic heterocycles. The van der Waals surface area contributed by atoms with Gasteiger partial charge in [-0.1, -0.05) is 26.0 Å². The molecule has 0 radical (unpaired) electrons. The monoisotopic (exact) mass is 250 g/mol. The van der Waals surface area contributed by atoms with Gasteiger partial charge in [0.05, 0.1) is 6.61 Å². The summed E-state index contributed by atoms with van der Waals surface area (Å²) in [6.45, 7) is 4.35. The molecule has 0 aliphatic rings. The molecule has 0 aliphatic carbocycles. The van der Waals surface area contributed by atoms with Gasteiger partial charge >= 0.3 is 11.9 Å². The van der Waals surface area contributed by atoms with E-state index in [1.807, 2.05) is 13.8 Å². The first-order valence-electron chi connectivity index (χ1n) is 6.15. The van der Waals surface area contributed by atoms with Crippen molar-refractivity contribution in [1.82, 2.24) is 0 Å². The minimum Gasteiger partial charge on any atom is -0.493 e.